The van der Waals surface area contributed by atoms with Crippen molar-refractivity contribution in [3.05, 3.63) is 63.6 Å². The highest BCUT2D eigenvalue weighted by molar-refractivity contribution is 7.92. The molecule has 0 aliphatic heterocycles. The number of benzene rings is 2. The molecule has 1 unspecified atom stereocenters. The van der Waals surface area contributed by atoms with Crippen LogP contribution in [0.5, 0.6) is 0 Å². The van der Waals surface area contributed by atoms with Gasteiger partial charge < -0.3 is 10.2 Å². The van der Waals surface area contributed by atoms with Gasteiger partial charge in [0.05, 0.1) is 22.0 Å². The minimum Gasteiger partial charge on any atom is -0.354 e. The second kappa shape index (κ2) is 11.8. The van der Waals surface area contributed by atoms with Gasteiger partial charge in [0.15, 0.2) is 11.6 Å². The normalized spacial score (nSPS) is 12.2. The number of amides is 2. The van der Waals surface area contributed by atoms with Crippen LogP contribution in [0.25, 0.3) is 0 Å². The molecule has 186 valence electrons. The summed E-state index contributed by atoms with van der Waals surface area (Å²) in [7, 11) is -4.06. The summed E-state index contributed by atoms with van der Waals surface area (Å²) in [4.78, 5) is 27.1. The number of anilines is 1. The van der Waals surface area contributed by atoms with E-state index in [9.17, 15) is 26.8 Å². The summed E-state index contributed by atoms with van der Waals surface area (Å²) < 4.78 is 52.6. The van der Waals surface area contributed by atoms with Crippen LogP contribution >= 0.6 is 23.2 Å². The number of nitrogens with one attached hydrogen (secondary N) is 1. The molecule has 1 N–H and O–H groups in total. The van der Waals surface area contributed by atoms with Gasteiger partial charge in [-0.2, -0.15) is 0 Å². The molecule has 2 amide bonds. The van der Waals surface area contributed by atoms with E-state index in [1.165, 1.54) is 24.0 Å². The molecule has 1 atom stereocenters. The zero-order valence-corrected chi connectivity index (χ0v) is 21.1. The summed E-state index contributed by atoms with van der Waals surface area (Å²) in [6.07, 6.45) is 1.51. The fraction of sp³-hybridized carbons (Fsp3) is 0.364. The Bertz CT molecular complexity index is 1160. The van der Waals surface area contributed by atoms with Crippen molar-refractivity contribution in [2.75, 3.05) is 23.7 Å². The summed E-state index contributed by atoms with van der Waals surface area (Å²) in [6, 6.07) is 6.21. The van der Waals surface area contributed by atoms with Crippen LogP contribution in [-0.4, -0.2) is 50.5 Å². The lowest BCUT2D eigenvalue weighted by atomic mass is 10.1. The van der Waals surface area contributed by atoms with Crippen LogP contribution in [0, 0.1) is 11.6 Å². The highest BCUT2D eigenvalue weighted by atomic mass is 35.5. The third-order valence-corrected chi connectivity index (χ3v) is 6.80. The summed E-state index contributed by atoms with van der Waals surface area (Å²) >= 11 is 12.0. The van der Waals surface area contributed by atoms with Gasteiger partial charge in [0.25, 0.3) is 0 Å². The number of rotatable bonds is 10. The number of carbonyl (C=O) groups is 2. The molecule has 0 radical (unpaired) electrons. The van der Waals surface area contributed by atoms with Crippen molar-refractivity contribution in [3.63, 3.8) is 0 Å². The number of hydrogen-bond acceptors (Lipinski definition) is 4. The average Bonchev–Trinajstić information content (AvgIpc) is 2.77. The highest BCUT2D eigenvalue weighted by Crippen LogP contribution is 2.25. The van der Waals surface area contributed by atoms with Crippen LogP contribution in [-0.2, 0) is 26.2 Å². The van der Waals surface area contributed by atoms with Crippen LogP contribution in [0.3, 0.4) is 0 Å². The molecule has 0 heterocycles. The Balaban J connectivity index is 2.41. The molecule has 0 aliphatic carbocycles. The third kappa shape index (κ3) is 7.28. The van der Waals surface area contributed by atoms with Gasteiger partial charge in [-0.3, -0.25) is 13.9 Å². The number of nitrogens with zero attached hydrogens (tertiary/aromatic N) is 2. The number of hydrogen-bond donors (Lipinski definition) is 1. The summed E-state index contributed by atoms with van der Waals surface area (Å²) in [5, 5.41) is 3.25. The van der Waals surface area contributed by atoms with E-state index in [4.69, 9.17) is 23.2 Å². The Morgan fingerprint density at radius 1 is 1.06 bits per heavy atom. The molecule has 2 aromatic carbocycles. The quantitative estimate of drug-likeness (QED) is 0.498. The van der Waals surface area contributed by atoms with Gasteiger partial charge in [0.1, 0.15) is 12.6 Å². The van der Waals surface area contributed by atoms with Crippen molar-refractivity contribution >= 4 is 50.7 Å². The predicted molar refractivity (Wildman–Crippen MR) is 128 cm³/mol. The zero-order chi connectivity index (χ0) is 25.6. The molecule has 0 aliphatic rings. The fourth-order valence-corrected chi connectivity index (χ4v) is 4.23. The molecule has 2 rings (SSSR count). The van der Waals surface area contributed by atoms with Crippen molar-refractivity contribution in [2.45, 2.75) is 32.9 Å². The molecule has 2 aromatic rings. The molecule has 0 saturated carbocycles. The van der Waals surface area contributed by atoms with Crippen molar-refractivity contribution in [3.8, 4) is 0 Å². The Morgan fingerprint density at radius 3 is 2.29 bits per heavy atom. The predicted octanol–water partition coefficient (Wildman–Crippen LogP) is 3.98. The highest BCUT2D eigenvalue weighted by Gasteiger charge is 2.30. The first-order chi connectivity index (χ1) is 15.8. The molecular weight excluding hydrogens is 511 g/mol. The van der Waals surface area contributed by atoms with Crippen LogP contribution in [0.1, 0.15) is 25.8 Å². The lowest BCUT2D eigenvalue weighted by molar-refractivity contribution is -0.139. The minimum atomic E-state index is -4.06. The molecule has 0 aromatic heterocycles. The van der Waals surface area contributed by atoms with E-state index in [0.717, 1.165) is 18.4 Å². The van der Waals surface area contributed by atoms with Crippen molar-refractivity contribution in [1.29, 1.82) is 0 Å². The SMILES string of the molecule is CCCNC(=O)C(C)N(Cc1ccc(Cl)c(Cl)c1)C(=O)CN(c1ccc(F)c(F)c1)S(C)(=O)=O. The summed E-state index contributed by atoms with van der Waals surface area (Å²) in [5.74, 6) is -3.60. The summed E-state index contributed by atoms with van der Waals surface area (Å²) in [5.41, 5.74) is 0.323. The van der Waals surface area contributed by atoms with Crippen molar-refractivity contribution in [1.82, 2.24) is 10.2 Å². The largest absolute Gasteiger partial charge is 0.354 e. The number of sulfonamides is 1. The van der Waals surface area contributed by atoms with Gasteiger partial charge in [-0.15, -0.1) is 0 Å². The first-order valence-electron chi connectivity index (χ1n) is 10.3. The topological polar surface area (TPSA) is 86.8 Å². The molecule has 0 saturated heterocycles. The maximum Gasteiger partial charge on any atom is 0.244 e. The summed E-state index contributed by atoms with van der Waals surface area (Å²) in [6.45, 7) is 2.95. The smallest absolute Gasteiger partial charge is 0.244 e. The van der Waals surface area contributed by atoms with Gasteiger partial charge in [-0.1, -0.05) is 36.2 Å². The van der Waals surface area contributed by atoms with Crippen LogP contribution < -0.4 is 9.62 Å². The van der Waals surface area contributed by atoms with Gasteiger partial charge in [-0.25, -0.2) is 17.2 Å². The van der Waals surface area contributed by atoms with Gasteiger partial charge in [0, 0.05) is 19.2 Å². The standard InChI is InChI=1S/C22H25Cl2F2N3O4S/c1-4-9-27-22(31)14(2)28(12-15-5-7-17(23)18(24)10-15)21(30)13-29(34(3,32)33)16-6-8-19(25)20(26)11-16/h5-8,10-11,14H,4,9,12-13H2,1-3H3,(H,27,31). The van der Waals surface area contributed by atoms with Gasteiger partial charge in [0.2, 0.25) is 21.8 Å². The molecular formula is C22H25Cl2F2N3O4S. The molecule has 34 heavy (non-hydrogen) atoms. The average molecular weight is 536 g/mol. The van der Waals surface area contributed by atoms with E-state index in [2.05, 4.69) is 5.32 Å². The molecule has 12 heteroatoms. The van der Waals surface area contributed by atoms with E-state index in [-0.39, 0.29) is 17.3 Å². The molecule has 0 bridgehead atoms. The molecule has 0 spiro atoms. The second-order valence-corrected chi connectivity index (χ2v) is 10.3. The Morgan fingerprint density at radius 2 is 1.74 bits per heavy atom. The van der Waals surface area contributed by atoms with Crippen molar-refractivity contribution in [2.24, 2.45) is 0 Å². The van der Waals surface area contributed by atoms with Crippen LogP contribution in [0.4, 0.5) is 14.5 Å². The van der Waals surface area contributed by atoms with E-state index < -0.39 is 46.1 Å². The monoisotopic (exact) mass is 535 g/mol. The van der Waals surface area contributed by atoms with E-state index >= 15 is 0 Å². The first kappa shape index (κ1) is 27.8. The van der Waals surface area contributed by atoms with Gasteiger partial charge in [-0.05, 0) is 43.2 Å². The maximum absolute atomic E-state index is 13.8. The number of carbonyl (C=O) groups excluding carboxylic acids is 2. The van der Waals surface area contributed by atoms with Crippen molar-refractivity contribution < 1.29 is 26.8 Å². The Kier molecular flexibility index (Phi) is 9.66. The Labute approximate surface area is 207 Å². The van der Waals surface area contributed by atoms with E-state index in [1.807, 2.05) is 6.92 Å². The zero-order valence-electron chi connectivity index (χ0n) is 18.8. The lowest BCUT2D eigenvalue weighted by Gasteiger charge is -2.31. The lowest BCUT2D eigenvalue weighted by Crippen LogP contribution is -2.51. The fourth-order valence-electron chi connectivity index (χ4n) is 3.07. The minimum absolute atomic E-state index is 0.0776. The van der Waals surface area contributed by atoms with Crippen LogP contribution in [0.15, 0.2) is 36.4 Å². The van der Waals surface area contributed by atoms with E-state index in [1.54, 1.807) is 6.07 Å². The van der Waals surface area contributed by atoms with E-state index in [0.29, 0.717) is 33.9 Å². The molecule has 0 fully saturated rings. The second-order valence-electron chi connectivity index (χ2n) is 7.61. The maximum atomic E-state index is 13.8. The van der Waals surface area contributed by atoms with Gasteiger partial charge >= 0.3 is 0 Å². The first-order valence-corrected chi connectivity index (χ1v) is 12.9. The Hall–Kier alpha value is -2.43. The molecule has 7 nitrogen and oxygen atoms in total. The van der Waals surface area contributed by atoms with Crippen LogP contribution in [0.2, 0.25) is 10.0 Å². The third-order valence-electron chi connectivity index (χ3n) is 4.92. The number of halogens is 4.